The zero-order chi connectivity index (χ0) is 17.5. The van der Waals surface area contributed by atoms with Crippen molar-refractivity contribution in [3.05, 3.63) is 29.8 Å². The topological polar surface area (TPSA) is 61.8 Å². The quantitative estimate of drug-likeness (QED) is 0.835. The molecule has 0 aromatic heterocycles. The van der Waals surface area contributed by atoms with Gasteiger partial charge in [-0.05, 0) is 43.4 Å². The maximum Gasteiger partial charge on any atom is 0.317 e. The number of carbonyl (C=O) groups is 1. The molecule has 0 radical (unpaired) electrons. The number of halogens is 2. The number of nitrogens with zero attached hydrogens (tertiary/aromatic N) is 1. The molecular weight excluding hydrogens is 318 g/mol. The van der Waals surface area contributed by atoms with Gasteiger partial charge < -0.3 is 20.1 Å². The van der Waals surface area contributed by atoms with Gasteiger partial charge in [-0.15, -0.1) is 0 Å². The van der Waals surface area contributed by atoms with Crippen LogP contribution in [0.5, 0.6) is 5.75 Å². The summed E-state index contributed by atoms with van der Waals surface area (Å²) in [7, 11) is 0. The Morgan fingerprint density at radius 1 is 1.42 bits per heavy atom. The van der Waals surface area contributed by atoms with Gasteiger partial charge in [0.25, 0.3) is 6.43 Å². The van der Waals surface area contributed by atoms with E-state index in [1.807, 2.05) is 0 Å². The lowest BCUT2D eigenvalue weighted by molar-refractivity contribution is 0.0797. The number of urea groups is 1. The maximum absolute atomic E-state index is 12.2. The molecule has 1 atom stereocenters. The van der Waals surface area contributed by atoms with Gasteiger partial charge in [-0.25, -0.2) is 13.6 Å². The highest BCUT2D eigenvalue weighted by molar-refractivity contribution is 5.74. The Labute approximate surface area is 140 Å². The van der Waals surface area contributed by atoms with E-state index in [9.17, 15) is 18.7 Å². The number of likely N-dealkylation sites (tertiary alicyclic amines) is 1. The first-order valence-electron chi connectivity index (χ1n) is 8.16. The molecule has 134 valence electrons. The molecule has 2 N–H and O–H groups in total. The van der Waals surface area contributed by atoms with Gasteiger partial charge in [-0.1, -0.05) is 12.1 Å². The Morgan fingerprint density at radius 2 is 2.12 bits per heavy atom. The minimum Gasteiger partial charge on any atom is -0.488 e. The molecule has 1 unspecified atom stereocenters. The molecule has 24 heavy (non-hydrogen) atoms. The van der Waals surface area contributed by atoms with Crippen molar-refractivity contribution in [3.63, 3.8) is 0 Å². The number of hydrogen-bond acceptors (Lipinski definition) is 3. The van der Waals surface area contributed by atoms with Crippen LogP contribution in [-0.4, -0.2) is 48.3 Å². The van der Waals surface area contributed by atoms with Gasteiger partial charge in [-0.3, -0.25) is 0 Å². The normalized spacial score (nSPS) is 17.0. The Bertz CT molecular complexity index is 532. The number of aliphatic hydroxyl groups is 1. The van der Waals surface area contributed by atoms with Crippen LogP contribution in [0.3, 0.4) is 0 Å². The number of nitrogens with one attached hydrogen (secondary N) is 1. The number of benzene rings is 1. The Morgan fingerprint density at radius 3 is 2.75 bits per heavy atom. The van der Waals surface area contributed by atoms with E-state index in [-0.39, 0.29) is 18.1 Å². The third-order valence-corrected chi connectivity index (χ3v) is 4.23. The summed E-state index contributed by atoms with van der Waals surface area (Å²) in [5, 5.41) is 12.4. The summed E-state index contributed by atoms with van der Waals surface area (Å²) in [4.78, 5) is 13.9. The summed E-state index contributed by atoms with van der Waals surface area (Å²) in [6.07, 6.45) is -1.27. The standard InChI is InChI=1S/C17H24F2N2O3/c1-12(22)14-5-7-21(8-6-14)17(23)20-10-13-3-2-4-15(9-13)24-11-16(18)19/h2-4,9,12,14,16,22H,5-8,10-11H2,1H3,(H,20,23). The molecule has 1 aliphatic heterocycles. The molecular formula is C17H24F2N2O3. The van der Waals surface area contributed by atoms with Crippen molar-refractivity contribution in [2.75, 3.05) is 19.7 Å². The molecule has 1 saturated heterocycles. The fourth-order valence-corrected chi connectivity index (χ4v) is 2.78. The Kier molecular flexibility index (Phi) is 6.78. The molecule has 7 heteroatoms. The average Bonchev–Trinajstić information content (AvgIpc) is 2.58. The van der Waals surface area contributed by atoms with Gasteiger partial charge in [0.15, 0.2) is 0 Å². The highest BCUT2D eigenvalue weighted by Crippen LogP contribution is 2.20. The second kappa shape index (κ2) is 8.82. The molecule has 0 bridgehead atoms. The lowest BCUT2D eigenvalue weighted by atomic mass is 9.92. The second-order valence-corrected chi connectivity index (χ2v) is 6.07. The first-order chi connectivity index (χ1) is 11.5. The van der Waals surface area contributed by atoms with Gasteiger partial charge in [0.1, 0.15) is 12.4 Å². The van der Waals surface area contributed by atoms with Crippen molar-refractivity contribution in [1.82, 2.24) is 10.2 Å². The van der Waals surface area contributed by atoms with E-state index in [4.69, 9.17) is 4.74 Å². The molecule has 0 spiro atoms. The lowest BCUT2D eigenvalue weighted by Crippen LogP contribution is -2.45. The largest absolute Gasteiger partial charge is 0.488 e. The molecule has 2 rings (SSSR count). The Hall–Kier alpha value is -1.89. The number of aliphatic hydroxyl groups excluding tert-OH is 1. The molecule has 5 nitrogen and oxygen atoms in total. The van der Waals surface area contributed by atoms with Gasteiger partial charge >= 0.3 is 6.03 Å². The van der Waals surface area contributed by atoms with E-state index in [0.29, 0.717) is 25.4 Å². The highest BCUT2D eigenvalue weighted by atomic mass is 19.3. The van der Waals surface area contributed by atoms with Crippen molar-refractivity contribution >= 4 is 6.03 Å². The Balaban J connectivity index is 1.78. The summed E-state index contributed by atoms with van der Waals surface area (Å²) in [5.74, 6) is 0.609. The third-order valence-electron chi connectivity index (χ3n) is 4.23. The van der Waals surface area contributed by atoms with Crippen LogP contribution in [0.4, 0.5) is 13.6 Å². The zero-order valence-electron chi connectivity index (χ0n) is 13.8. The number of amides is 2. The van der Waals surface area contributed by atoms with E-state index in [2.05, 4.69) is 5.32 Å². The van der Waals surface area contributed by atoms with Crippen molar-refractivity contribution in [3.8, 4) is 5.75 Å². The SMILES string of the molecule is CC(O)C1CCN(C(=O)NCc2cccc(OCC(F)F)c2)CC1. The van der Waals surface area contributed by atoms with Crippen molar-refractivity contribution < 1.29 is 23.4 Å². The molecule has 2 amide bonds. The van der Waals surface area contributed by atoms with Crippen LogP contribution < -0.4 is 10.1 Å². The van der Waals surface area contributed by atoms with E-state index < -0.39 is 13.0 Å². The van der Waals surface area contributed by atoms with Gasteiger partial charge in [0.2, 0.25) is 0 Å². The lowest BCUT2D eigenvalue weighted by Gasteiger charge is -2.33. The van der Waals surface area contributed by atoms with Crippen molar-refractivity contribution in [1.29, 1.82) is 0 Å². The predicted molar refractivity (Wildman–Crippen MR) is 86.2 cm³/mol. The van der Waals surface area contributed by atoms with E-state index >= 15 is 0 Å². The maximum atomic E-state index is 12.2. The predicted octanol–water partition coefficient (Wildman–Crippen LogP) is 2.63. The van der Waals surface area contributed by atoms with Crippen LogP contribution in [0.1, 0.15) is 25.3 Å². The summed E-state index contributed by atoms with van der Waals surface area (Å²) in [6.45, 7) is 2.69. The average molecular weight is 342 g/mol. The van der Waals surface area contributed by atoms with Crippen LogP contribution in [-0.2, 0) is 6.54 Å². The number of piperidine rings is 1. The smallest absolute Gasteiger partial charge is 0.317 e. The number of alkyl halides is 2. The molecule has 1 fully saturated rings. The van der Waals surface area contributed by atoms with Gasteiger partial charge in [0, 0.05) is 19.6 Å². The zero-order valence-corrected chi connectivity index (χ0v) is 13.8. The van der Waals surface area contributed by atoms with E-state index in [1.165, 1.54) is 0 Å². The van der Waals surface area contributed by atoms with Gasteiger partial charge in [0.05, 0.1) is 6.10 Å². The molecule has 1 aromatic carbocycles. The van der Waals surface area contributed by atoms with E-state index in [1.54, 1.807) is 36.1 Å². The molecule has 0 aliphatic carbocycles. The van der Waals surface area contributed by atoms with E-state index in [0.717, 1.165) is 18.4 Å². The van der Waals surface area contributed by atoms with Crippen LogP contribution in [0.2, 0.25) is 0 Å². The van der Waals surface area contributed by atoms with Crippen LogP contribution in [0.25, 0.3) is 0 Å². The third kappa shape index (κ3) is 5.63. The van der Waals surface area contributed by atoms with Crippen molar-refractivity contribution in [2.24, 2.45) is 5.92 Å². The number of ether oxygens (including phenoxy) is 1. The van der Waals surface area contributed by atoms with Gasteiger partial charge in [-0.2, -0.15) is 0 Å². The second-order valence-electron chi connectivity index (χ2n) is 6.07. The molecule has 0 saturated carbocycles. The minimum atomic E-state index is -2.52. The molecule has 1 aliphatic rings. The first-order valence-corrected chi connectivity index (χ1v) is 8.16. The fourth-order valence-electron chi connectivity index (χ4n) is 2.78. The summed E-state index contributed by atoms with van der Waals surface area (Å²) in [5.41, 5.74) is 0.786. The van der Waals surface area contributed by atoms with Crippen LogP contribution in [0.15, 0.2) is 24.3 Å². The minimum absolute atomic E-state index is 0.155. The first kappa shape index (κ1) is 18.4. The number of carbonyl (C=O) groups excluding carboxylic acids is 1. The fraction of sp³-hybridized carbons (Fsp3) is 0.588. The van der Waals surface area contributed by atoms with Crippen LogP contribution >= 0.6 is 0 Å². The summed E-state index contributed by atoms with van der Waals surface area (Å²) < 4.78 is 29.3. The molecule has 1 aromatic rings. The van der Waals surface area contributed by atoms with Crippen molar-refractivity contribution in [2.45, 2.75) is 38.8 Å². The molecule has 1 heterocycles. The van der Waals surface area contributed by atoms with Crippen LogP contribution in [0, 0.1) is 5.92 Å². The highest BCUT2D eigenvalue weighted by Gasteiger charge is 2.25. The monoisotopic (exact) mass is 342 g/mol. The summed E-state index contributed by atoms with van der Waals surface area (Å²) >= 11 is 0. The number of rotatable bonds is 6. The number of hydrogen-bond donors (Lipinski definition) is 2. The summed E-state index contributed by atoms with van der Waals surface area (Å²) in [6, 6.07) is 6.60.